The molecule has 64 valence electrons. The van der Waals surface area contributed by atoms with Gasteiger partial charge in [-0.2, -0.15) is 10.5 Å². The van der Waals surface area contributed by atoms with Crippen molar-refractivity contribution in [2.45, 2.75) is 0 Å². The van der Waals surface area contributed by atoms with Crippen molar-refractivity contribution in [3.8, 4) is 17.9 Å². The molecule has 0 aliphatic heterocycles. The average Bonchev–Trinajstić information content (AvgIpc) is 2.15. The Hall–Kier alpha value is -1.42. The number of nitrogens with zero attached hydrogens (tertiary/aromatic N) is 2. The molecule has 0 aliphatic carbocycles. The lowest BCUT2D eigenvalue weighted by molar-refractivity contribution is 0.474. The van der Waals surface area contributed by atoms with E-state index in [1.807, 2.05) is 0 Å². The van der Waals surface area contributed by atoms with Gasteiger partial charge in [0.25, 0.3) is 0 Å². The Bertz CT molecular complexity index is 405. The van der Waals surface area contributed by atoms with Crippen molar-refractivity contribution in [1.29, 1.82) is 10.5 Å². The van der Waals surface area contributed by atoms with Gasteiger partial charge >= 0.3 is 0 Å². The van der Waals surface area contributed by atoms with E-state index < -0.39 is 5.75 Å². The summed E-state index contributed by atoms with van der Waals surface area (Å²) in [6.07, 6.45) is 0. The van der Waals surface area contributed by atoms with Gasteiger partial charge in [0.1, 0.15) is 17.2 Å². The molecule has 0 radical (unpaired) electrons. The third-order valence-electron chi connectivity index (χ3n) is 1.42. The predicted octanol–water partition coefficient (Wildman–Crippen LogP) is 2.44. The van der Waals surface area contributed by atoms with Gasteiger partial charge in [-0.1, -0.05) is 23.2 Å². The Kier molecular flexibility index (Phi) is 2.63. The number of aromatic hydroxyl groups is 1. The van der Waals surface area contributed by atoms with Crippen LogP contribution < -0.4 is 0 Å². The topological polar surface area (TPSA) is 67.8 Å². The van der Waals surface area contributed by atoms with Crippen LogP contribution in [0.3, 0.4) is 0 Å². The minimum absolute atomic E-state index is 0.0410. The quantitative estimate of drug-likeness (QED) is 0.719. The van der Waals surface area contributed by atoms with Crippen molar-refractivity contribution in [2.75, 3.05) is 0 Å². The SMILES string of the molecule is N#Cc1cc(C#N)c(Cl)c(Cl)c1O. The molecule has 0 aliphatic rings. The van der Waals surface area contributed by atoms with E-state index in [0.29, 0.717) is 0 Å². The summed E-state index contributed by atoms with van der Waals surface area (Å²) in [5, 5.41) is 26.1. The summed E-state index contributed by atoms with van der Waals surface area (Å²) in [5.74, 6) is -0.395. The molecule has 0 bridgehead atoms. The molecule has 1 aromatic rings. The first kappa shape index (κ1) is 9.67. The third-order valence-corrected chi connectivity index (χ3v) is 2.28. The molecule has 0 saturated carbocycles. The van der Waals surface area contributed by atoms with Crippen LogP contribution in [0.25, 0.3) is 0 Å². The minimum Gasteiger partial charge on any atom is -0.505 e. The summed E-state index contributed by atoms with van der Waals surface area (Å²) in [4.78, 5) is 0. The first-order valence-electron chi connectivity index (χ1n) is 3.13. The van der Waals surface area contributed by atoms with Crippen LogP contribution in [0.4, 0.5) is 0 Å². The molecule has 1 rings (SSSR count). The van der Waals surface area contributed by atoms with Gasteiger partial charge in [0.05, 0.1) is 16.1 Å². The second kappa shape index (κ2) is 3.53. The number of rotatable bonds is 0. The molecular weight excluding hydrogens is 211 g/mol. The first-order chi connectivity index (χ1) is 6.11. The van der Waals surface area contributed by atoms with Crippen molar-refractivity contribution >= 4 is 23.2 Å². The molecule has 0 unspecified atom stereocenters. The van der Waals surface area contributed by atoms with E-state index in [1.54, 1.807) is 12.1 Å². The molecule has 13 heavy (non-hydrogen) atoms. The fourth-order valence-electron chi connectivity index (χ4n) is 0.783. The summed E-state index contributed by atoms with van der Waals surface area (Å²) < 4.78 is 0. The smallest absolute Gasteiger partial charge is 0.153 e. The van der Waals surface area contributed by atoms with Crippen molar-refractivity contribution in [1.82, 2.24) is 0 Å². The van der Waals surface area contributed by atoms with Gasteiger partial charge in [0.2, 0.25) is 0 Å². The zero-order chi connectivity index (χ0) is 10.0. The number of hydrogen-bond acceptors (Lipinski definition) is 3. The number of hydrogen-bond donors (Lipinski definition) is 1. The Morgan fingerprint density at radius 1 is 1.08 bits per heavy atom. The Morgan fingerprint density at radius 2 is 1.62 bits per heavy atom. The maximum Gasteiger partial charge on any atom is 0.153 e. The van der Waals surface area contributed by atoms with Crippen LogP contribution in [0.1, 0.15) is 11.1 Å². The van der Waals surface area contributed by atoms with Crippen LogP contribution in [0, 0.1) is 22.7 Å². The van der Waals surface area contributed by atoms with Gasteiger partial charge in [0, 0.05) is 0 Å². The molecule has 3 nitrogen and oxygen atoms in total. The molecule has 0 amide bonds. The standard InChI is InChI=1S/C8H2Cl2N2O/c9-6-4(2-11)1-5(3-12)8(13)7(6)10/h1,13H. The van der Waals surface area contributed by atoms with Crippen LogP contribution >= 0.6 is 23.2 Å². The molecule has 0 spiro atoms. The minimum atomic E-state index is -0.395. The van der Waals surface area contributed by atoms with Gasteiger partial charge in [-0.25, -0.2) is 0 Å². The van der Waals surface area contributed by atoms with E-state index >= 15 is 0 Å². The van der Waals surface area contributed by atoms with Crippen molar-refractivity contribution in [3.05, 3.63) is 27.2 Å². The zero-order valence-corrected chi connectivity index (χ0v) is 7.69. The van der Waals surface area contributed by atoms with E-state index in [1.165, 1.54) is 6.07 Å². The fraction of sp³-hybridized carbons (Fsp3) is 0. The van der Waals surface area contributed by atoms with Gasteiger partial charge in [-0.3, -0.25) is 0 Å². The first-order valence-corrected chi connectivity index (χ1v) is 3.88. The number of phenolic OH excluding ortho intramolecular Hbond substituents is 1. The maximum atomic E-state index is 9.25. The Labute approximate surface area is 84.3 Å². The van der Waals surface area contributed by atoms with Gasteiger partial charge in [0.15, 0.2) is 5.75 Å². The summed E-state index contributed by atoms with van der Waals surface area (Å²) in [5.41, 5.74) is 0.00645. The monoisotopic (exact) mass is 212 g/mol. The van der Waals surface area contributed by atoms with Gasteiger partial charge < -0.3 is 5.11 Å². The number of nitriles is 2. The van der Waals surface area contributed by atoms with Gasteiger partial charge in [-0.15, -0.1) is 0 Å². The van der Waals surface area contributed by atoms with Crippen LogP contribution in [-0.2, 0) is 0 Å². The largest absolute Gasteiger partial charge is 0.505 e. The summed E-state index contributed by atoms with van der Waals surface area (Å²) in [7, 11) is 0. The maximum absolute atomic E-state index is 9.25. The Morgan fingerprint density at radius 3 is 2.08 bits per heavy atom. The highest BCUT2D eigenvalue weighted by molar-refractivity contribution is 6.43. The summed E-state index contributed by atoms with van der Waals surface area (Å²) in [6, 6.07) is 4.64. The molecule has 1 aromatic carbocycles. The lowest BCUT2D eigenvalue weighted by Crippen LogP contribution is -1.84. The van der Waals surface area contributed by atoms with Crippen LogP contribution in [0.15, 0.2) is 6.07 Å². The normalized spacial score (nSPS) is 8.92. The molecular formula is C8H2Cl2N2O. The molecule has 0 saturated heterocycles. The zero-order valence-electron chi connectivity index (χ0n) is 6.17. The van der Waals surface area contributed by atoms with Crippen molar-refractivity contribution in [3.63, 3.8) is 0 Å². The van der Waals surface area contributed by atoms with Crippen LogP contribution in [0.2, 0.25) is 10.0 Å². The van der Waals surface area contributed by atoms with E-state index in [4.69, 9.17) is 33.7 Å². The molecule has 0 fully saturated rings. The molecule has 1 N–H and O–H groups in total. The van der Waals surface area contributed by atoms with Crippen LogP contribution in [-0.4, -0.2) is 5.11 Å². The van der Waals surface area contributed by atoms with Crippen LogP contribution in [0.5, 0.6) is 5.75 Å². The lowest BCUT2D eigenvalue weighted by Gasteiger charge is -2.02. The second-order valence-electron chi connectivity index (χ2n) is 2.17. The molecule has 0 heterocycles. The van der Waals surface area contributed by atoms with E-state index in [2.05, 4.69) is 0 Å². The highest BCUT2D eigenvalue weighted by Gasteiger charge is 2.14. The Balaban J connectivity index is 3.60. The number of benzene rings is 1. The molecule has 0 atom stereocenters. The molecule has 5 heteroatoms. The highest BCUT2D eigenvalue weighted by atomic mass is 35.5. The average molecular weight is 213 g/mol. The molecule has 0 aromatic heterocycles. The highest BCUT2D eigenvalue weighted by Crippen LogP contribution is 2.36. The third kappa shape index (κ3) is 1.53. The predicted molar refractivity (Wildman–Crippen MR) is 47.6 cm³/mol. The van der Waals surface area contributed by atoms with Crippen molar-refractivity contribution in [2.24, 2.45) is 0 Å². The second-order valence-corrected chi connectivity index (χ2v) is 2.93. The van der Waals surface area contributed by atoms with E-state index in [9.17, 15) is 5.11 Å². The number of phenols is 1. The summed E-state index contributed by atoms with van der Waals surface area (Å²) in [6.45, 7) is 0. The van der Waals surface area contributed by atoms with Crippen molar-refractivity contribution < 1.29 is 5.11 Å². The van der Waals surface area contributed by atoms with Gasteiger partial charge in [-0.05, 0) is 6.07 Å². The summed E-state index contributed by atoms with van der Waals surface area (Å²) >= 11 is 11.2. The fourth-order valence-corrected chi connectivity index (χ4v) is 1.17. The van der Waals surface area contributed by atoms with E-state index in [-0.39, 0.29) is 21.2 Å². The number of halogens is 2. The lowest BCUT2D eigenvalue weighted by atomic mass is 10.1. The van der Waals surface area contributed by atoms with E-state index in [0.717, 1.165) is 0 Å².